The number of hydrogen-bond donors (Lipinski definition) is 0. The van der Waals surface area contributed by atoms with Crippen molar-refractivity contribution >= 4 is 22.6 Å². The molecule has 2 aromatic rings. The lowest BCUT2D eigenvalue weighted by molar-refractivity contribution is 0.360. The Hall–Kier alpha value is -1.74. The van der Waals surface area contributed by atoms with E-state index in [0.29, 0.717) is 17.9 Å². The third kappa shape index (κ3) is 2.02. The molecule has 2 rings (SSSR count). The molecule has 1 heterocycles. The first-order valence-corrected chi connectivity index (χ1v) is 5.90. The molecule has 0 aliphatic rings. The molecule has 0 unspecified atom stereocenters. The van der Waals surface area contributed by atoms with Crippen LogP contribution in [0.15, 0.2) is 34.0 Å². The predicted molar refractivity (Wildman–Crippen MR) is 72.7 cm³/mol. The largest absolute Gasteiger partial charge is 0.489 e. The van der Waals surface area contributed by atoms with E-state index in [2.05, 4.69) is 6.58 Å². The second kappa shape index (κ2) is 4.86. The van der Waals surface area contributed by atoms with Crippen molar-refractivity contribution in [2.24, 2.45) is 0 Å². The zero-order valence-corrected chi connectivity index (χ0v) is 11.0. The first kappa shape index (κ1) is 12.7. The van der Waals surface area contributed by atoms with Crippen molar-refractivity contribution in [3.05, 3.63) is 51.4 Å². The average molecular weight is 265 g/mol. The lowest BCUT2D eigenvalue weighted by atomic mass is 10.1. The van der Waals surface area contributed by atoms with Gasteiger partial charge in [-0.25, -0.2) is 4.79 Å². The number of halogens is 1. The van der Waals surface area contributed by atoms with Gasteiger partial charge in [-0.05, 0) is 31.5 Å². The second-order valence-electron chi connectivity index (χ2n) is 3.99. The molecule has 0 fully saturated rings. The van der Waals surface area contributed by atoms with E-state index < -0.39 is 5.63 Å². The Balaban J connectivity index is 2.71. The Bertz CT molecular complexity index is 671. The van der Waals surface area contributed by atoms with Crippen molar-refractivity contribution in [1.29, 1.82) is 0 Å². The molecule has 0 bridgehead atoms. The van der Waals surface area contributed by atoms with Gasteiger partial charge >= 0.3 is 5.63 Å². The quantitative estimate of drug-likeness (QED) is 0.628. The number of benzene rings is 1. The van der Waals surface area contributed by atoms with Crippen LogP contribution in [0, 0.1) is 13.8 Å². The van der Waals surface area contributed by atoms with Gasteiger partial charge in [0, 0.05) is 10.9 Å². The van der Waals surface area contributed by atoms with Crippen LogP contribution in [0.3, 0.4) is 0 Å². The third-order valence-corrected chi connectivity index (χ3v) is 3.26. The minimum Gasteiger partial charge on any atom is -0.489 e. The van der Waals surface area contributed by atoms with Crippen LogP contribution in [0.5, 0.6) is 5.75 Å². The summed E-state index contributed by atoms with van der Waals surface area (Å²) in [5.41, 5.74) is 1.50. The number of rotatable bonds is 3. The van der Waals surface area contributed by atoms with Crippen LogP contribution >= 0.6 is 11.6 Å². The van der Waals surface area contributed by atoms with E-state index in [0.717, 1.165) is 16.5 Å². The molecule has 0 saturated carbocycles. The van der Waals surface area contributed by atoms with E-state index in [9.17, 15) is 4.79 Å². The van der Waals surface area contributed by atoms with Gasteiger partial charge in [0.05, 0.1) is 0 Å². The minimum atomic E-state index is -0.523. The van der Waals surface area contributed by atoms with Crippen LogP contribution in [0.25, 0.3) is 11.0 Å². The molecule has 3 nitrogen and oxygen atoms in total. The highest BCUT2D eigenvalue weighted by Gasteiger charge is 2.13. The Morgan fingerprint density at radius 1 is 1.39 bits per heavy atom. The molecule has 0 saturated heterocycles. The van der Waals surface area contributed by atoms with Crippen molar-refractivity contribution in [2.75, 3.05) is 6.61 Å². The summed E-state index contributed by atoms with van der Waals surface area (Å²) in [6.45, 7) is 7.64. The number of hydrogen-bond acceptors (Lipinski definition) is 3. The van der Waals surface area contributed by atoms with E-state index in [4.69, 9.17) is 20.8 Å². The van der Waals surface area contributed by atoms with Crippen LogP contribution in [-0.4, -0.2) is 6.61 Å². The van der Waals surface area contributed by atoms with Gasteiger partial charge in [0.1, 0.15) is 23.0 Å². The summed E-state index contributed by atoms with van der Waals surface area (Å²) in [5.74, 6) is 0.673. The monoisotopic (exact) mass is 264 g/mol. The number of fused-ring (bicyclic) bond motifs is 1. The van der Waals surface area contributed by atoms with Gasteiger partial charge in [-0.2, -0.15) is 0 Å². The van der Waals surface area contributed by atoms with Gasteiger partial charge < -0.3 is 9.15 Å². The topological polar surface area (TPSA) is 39.4 Å². The molecular weight excluding hydrogens is 252 g/mol. The molecule has 0 radical (unpaired) electrons. The summed E-state index contributed by atoms with van der Waals surface area (Å²) in [6.07, 6.45) is 1.66. The van der Waals surface area contributed by atoms with Crippen LogP contribution in [0.1, 0.15) is 11.1 Å². The van der Waals surface area contributed by atoms with Crippen LogP contribution < -0.4 is 10.4 Å². The standard InChI is InChI=1S/C14H13ClO3/c1-4-7-17-11-6-5-10-8(2)12(15)14(16)18-13(10)9(11)3/h4-6H,1,7H2,2-3H3. The zero-order chi connectivity index (χ0) is 13.3. The number of aryl methyl sites for hydroxylation is 2. The van der Waals surface area contributed by atoms with E-state index in [1.165, 1.54) is 0 Å². The predicted octanol–water partition coefficient (Wildman–Crippen LogP) is 3.63. The summed E-state index contributed by atoms with van der Waals surface area (Å²) in [6, 6.07) is 3.68. The molecule has 0 aliphatic heterocycles. The molecule has 0 aliphatic carbocycles. The SMILES string of the molecule is C=CCOc1ccc2c(C)c(Cl)c(=O)oc2c1C. The maximum absolute atomic E-state index is 11.6. The molecular formula is C14H13ClO3. The highest BCUT2D eigenvalue weighted by molar-refractivity contribution is 6.31. The molecule has 1 aromatic heterocycles. The van der Waals surface area contributed by atoms with E-state index in [1.54, 1.807) is 13.0 Å². The fraction of sp³-hybridized carbons (Fsp3) is 0.214. The molecule has 0 N–H and O–H groups in total. The fourth-order valence-electron chi connectivity index (χ4n) is 1.81. The van der Waals surface area contributed by atoms with Gasteiger partial charge in [-0.1, -0.05) is 24.3 Å². The van der Waals surface area contributed by atoms with Crippen molar-refractivity contribution in [2.45, 2.75) is 13.8 Å². The smallest absolute Gasteiger partial charge is 0.355 e. The molecule has 0 amide bonds. The maximum atomic E-state index is 11.6. The highest BCUT2D eigenvalue weighted by atomic mass is 35.5. The summed E-state index contributed by atoms with van der Waals surface area (Å²) in [5, 5.41) is 0.949. The van der Waals surface area contributed by atoms with Crippen LogP contribution in [0.4, 0.5) is 0 Å². The Morgan fingerprint density at radius 2 is 2.11 bits per heavy atom. The molecule has 94 valence electrons. The van der Waals surface area contributed by atoms with E-state index in [-0.39, 0.29) is 5.02 Å². The van der Waals surface area contributed by atoms with Crippen LogP contribution in [0.2, 0.25) is 5.02 Å². The van der Waals surface area contributed by atoms with Crippen molar-refractivity contribution < 1.29 is 9.15 Å². The van der Waals surface area contributed by atoms with Gasteiger partial charge in [0.2, 0.25) is 0 Å². The fourth-order valence-corrected chi connectivity index (χ4v) is 1.95. The first-order valence-electron chi connectivity index (χ1n) is 5.52. The summed E-state index contributed by atoms with van der Waals surface area (Å²) >= 11 is 5.88. The van der Waals surface area contributed by atoms with E-state index >= 15 is 0 Å². The summed E-state index contributed by atoms with van der Waals surface area (Å²) < 4.78 is 10.7. The molecule has 18 heavy (non-hydrogen) atoms. The van der Waals surface area contributed by atoms with Crippen LogP contribution in [-0.2, 0) is 0 Å². The second-order valence-corrected chi connectivity index (χ2v) is 4.37. The lowest BCUT2D eigenvalue weighted by Gasteiger charge is -2.10. The zero-order valence-electron chi connectivity index (χ0n) is 10.2. The van der Waals surface area contributed by atoms with Crippen molar-refractivity contribution in [3.63, 3.8) is 0 Å². The van der Waals surface area contributed by atoms with Gasteiger partial charge in [0.25, 0.3) is 0 Å². The normalized spacial score (nSPS) is 10.6. The number of ether oxygens (including phenoxy) is 1. The molecule has 0 atom stereocenters. The highest BCUT2D eigenvalue weighted by Crippen LogP contribution is 2.30. The van der Waals surface area contributed by atoms with Crippen molar-refractivity contribution in [3.8, 4) is 5.75 Å². The first-order chi connectivity index (χ1) is 8.56. The Morgan fingerprint density at radius 3 is 2.78 bits per heavy atom. The maximum Gasteiger partial charge on any atom is 0.355 e. The Kier molecular flexibility index (Phi) is 3.43. The summed E-state index contributed by atoms with van der Waals surface area (Å²) in [7, 11) is 0. The average Bonchev–Trinajstić information content (AvgIpc) is 2.36. The third-order valence-electron chi connectivity index (χ3n) is 2.82. The van der Waals surface area contributed by atoms with Gasteiger partial charge in [0.15, 0.2) is 0 Å². The van der Waals surface area contributed by atoms with Gasteiger partial charge in [-0.15, -0.1) is 0 Å². The molecule has 0 spiro atoms. The Labute approximate surface area is 110 Å². The lowest BCUT2D eigenvalue weighted by Crippen LogP contribution is -2.03. The van der Waals surface area contributed by atoms with Crippen molar-refractivity contribution in [1.82, 2.24) is 0 Å². The molecule has 1 aromatic carbocycles. The molecule has 4 heteroatoms. The minimum absolute atomic E-state index is 0.127. The van der Waals surface area contributed by atoms with Gasteiger partial charge in [-0.3, -0.25) is 0 Å². The summed E-state index contributed by atoms with van der Waals surface area (Å²) in [4.78, 5) is 11.6. The van der Waals surface area contributed by atoms with E-state index in [1.807, 2.05) is 19.1 Å².